The monoisotopic (exact) mass is 378 g/mol. The van der Waals surface area contributed by atoms with E-state index in [2.05, 4.69) is 60.7 Å². The average molecular weight is 379 g/mol. The third kappa shape index (κ3) is 4.63. The van der Waals surface area contributed by atoms with Crippen molar-refractivity contribution in [3.8, 4) is 0 Å². The van der Waals surface area contributed by atoms with Crippen molar-refractivity contribution in [1.82, 2.24) is 10.6 Å². The number of anilines is 1. The van der Waals surface area contributed by atoms with Crippen molar-refractivity contribution in [1.29, 1.82) is 0 Å². The van der Waals surface area contributed by atoms with E-state index in [9.17, 15) is 0 Å². The highest BCUT2D eigenvalue weighted by Crippen LogP contribution is 2.25. The van der Waals surface area contributed by atoms with Crippen molar-refractivity contribution >= 4 is 27.6 Å². The Labute approximate surface area is 147 Å². The Hall–Kier alpha value is -1.23. The molecule has 0 bridgehead atoms. The molecule has 5 heteroatoms. The van der Waals surface area contributed by atoms with Gasteiger partial charge in [0.05, 0.1) is 0 Å². The lowest BCUT2D eigenvalue weighted by molar-refractivity contribution is 0.552. The van der Waals surface area contributed by atoms with Gasteiger partial charge in [0.15, 0.2) is 5.96 Å². The molecule has 2 N–H and O–H groups in total. The van der Waals surface area contributed by atoms with Gasteiger partial charge < -0.3 is 15.5 Å². The Kier molecular flexibility index (Phi) is 5.81. The largest absolute Gasteiger partial charge is 0.371 e. The van der Waals surface area contributed by atoms with Crippen molar-refractivity contribution < 1.29 is 0 Å². The fourth-order valence-electron chi connectivity index (χ4n) is 3.58. The maximum absolute atomic E-state index is 4.37. The lowest BCUT2D eigenvalue weighted by Gasteiger charge is -2.20. The second-order valence-electron chi connectivity index (χ2n) is 6.66. The lowest BCUT2D eigenvalue weighted by atomic mass is 10.1. The van der Waals surface area contributed by atoms with Crippen LogP contribution >= 0.6 is 15.9 Å². The zero-order valence-electron chi connectivity index (χ0n) is 13.9. The fraction of sp³-hybridized carbons (Fsp3) is 0.611. The van der Waals surface area contributed by atoms with Crippen molar-refractivity contribution in [2.45, 2.75) is 38.1 Å². The number of nitrogens with one attached hydrogen (secondary N) is 2. The molecule has 3 rings (SSSR count). The Morgan fingerprint density at radius 3 is 2.65 bits per heavy atom. The Morgan fingerprint density at radius 1 is 1.22 bits per heavy atom. The zero-order chi connectivity index (χ0) is 16.1. The quantitative estimate of drug-likeness (QED) is 0.622. The number of hydrogen-bond acceptors (Lipinski definition) is 2. The highest BCUT2D eigenvalue weighted by Gasteiger charge is 2.23. The maximum atomic E-state index is 4.37. The second-order valence-corrected chi connectivity index (χ2v) is 7.57. The van der Waals surface area contributed by atoms with Crippen molar-refractivity contribution in [3.63, 3.8) is 0 Å². The minimum Gasteiger partial charge on any atom is -0.371 e. The molecule has 23 heavy (non-hydrogen) atoms. The van der Waals surface area contributed by atoms with Gasteiger partial charge in [0, 0.05) is 42.9 Å². The minimum absolute atomic E-state index is 0.615. The van der Waals surface area contributed by atoms with Crippen LogP contribution < -0.4 is 15.5 Å². The van der Waals surface area contributed by atoms with Crippen LogP contribution in [-0.2, 0) is 0 Å². The molecule has 2 fully saturated rings. The van der Waals surface area contributed by atoms with Crippen molar-refractivity contribution in [3.05, 3.63) is 28.7 Å². The molecular formula is C18H27BrN4. The fourth-order valence-corrected chi connectivity index (χ4v) is 3.85. The maximum Gasteiger partial charge on any atom is 0.191 e. The Balaban J connectivity index is 1.44. The normalized spacial score (nSPS) is 22.6. The van der Waals surface area contributed by atoms with E-state index >= 15 is 0 Å². The van der Waals surface area contributed by atoms with Gasteiger partial charge >= 0.3 is 0 Å². The van der Waals surface area contributed by atoms with Crippen LogP contribution in [0.2, 0.25) is 0 Å². The molecule has 0 spiro atoms. The molecule has 4 nitrogen and oxygen atoms in total. The van der Waals surface area contributed by atoms with E-state index in [0.717, 1.165) is 30.1 Å². The number of rotatable bonds is 4. The first kappa shape index (κ1) is 16.6. The topological polar surface area (TPSA) is 39.7 Å². The second kappa shape index (κ2) is 8.04. The summed E-state index contributed by atoms with van der Waals surface area (Å²) in [5.74, 6) is 1.65. The molecular weight excluding hydrogens is 352 g/mol. The Bertz CT molecular complexity index is 522. The molecule has 0 radical (unpaired) electrons. The molecule has 1 aliphatic heterocycles. The van der Waals surface area contributed by atoms with Gasteiger partial charge in [0.2, 0.25) is 0 Å². The molecule has 1 atom stereocenters. The first-order valence-corrected chi connectivity index (χ1v) is 9.51. The predicted molar refractivity (Wildman–Crippen MR) is 101 cm³/mol. The summed E-state index contributed by atoms with van der Waals surface area (Å²) < 4.78 is 1.14. The molecule has 1 aromatic rings. The number of nitrogens with zero attached hydrogens (tertiary/aromatic N) is 2. The average Bonchev–Trinajstić information content (AvgIpc) is 3.24. The van der Waals surface area contributed by atoms with Crippen LogP contribution in [0.25, 0.3) is 0 Å². The summed E-state index contributed by atoms with van der Waals surface area (Å²) in [5.41, 5.74) is 1.32. The molecule has 1 aliphatic carbocycles. The molecule has 126 valence electrons. The zero-order valence-corrected chi connectivity index (χ0v) is 15.5. The van der Waals surface area contributed by atoms with E-state index in [1.165, 1.54) is 37.8 Å². The van der Waals surface area contributed by atoms with Crippen LogP contribution in [0.4, 0.5) is 5.69 Å². The molecule has 1 saturated carbocycles. The van der Waals surface area contributed by atoms with Gasteiger partial charge in [-0.3, -0.25) is 4.99 Å². The van der Waals surface area contributed by atoms with Crippen LogP contribution in [0, 0.1) is 5.92 Å². The number of aliphatic imine (C=N–C) groups is 1. The van der Waals surface area contributed by atoms with Crippen molar-refractivity contribution in [2.75, 3.05) is 31.6 Å². The summed E-state index contributed by atoms with van der Waals surface area (Å²) in [6.07, 6.45) is 6.49. The van der Waals surface area contributed by atoms with Crippen LogP contribution in [-0.4, -0.2) is 38.7 Å². The Morgan fingerprint density at radius 2 is 1.96 bits per heavy atom. The minimum atomic E-state index is 0.615. The van der Waals surface area contributed by atoms with Crippen LogP contribution in [0.3, 0.4) is 0 Å². The molecule has 1 heterocycles. The molecule has 1 saturated heterocycles. The highest BCUT2D eigenvalue weighted by atomic mass is 79.9. The summed E-state index contributed by atoms with van der Waals surface area (Å²) in [5, 5.41) is 7.08. The third-order valence-corrected chi connectivity index (χ3v) is 5.48. The van der Waals surface area contributed by atoms with Crippen LogP contribution in [0.1, 0.15) is 32.1 Å². The van der Waals surface area contributed by atoms with Gasteiger partial charge in [-0.2, -0.15) is 0 Å². The number of benzene rings is 1. The smallest absolute Gasteiger partial charge is 0.191 e. The van der Waals surface area contributed by atoms with Gasteiger partial charge in [-0.1, -0.05) is 28.8 Å². The van der Waals surface area contributed by atoms with E-state index in [4.69, 9.17) is 0 Å². The van der Waals surface area contributed by atoms with E-state index in [1.54, 1.807) is 0 Å². The van der Waals surface area contributed by atoms with Gasteiger partial charge in [-0.25, -0.2) is 0 Å². The molecule has 1 aromatic carbocycles. The number of halogens is 1. The summed E-state index contributed by atoms with van der Waals surface area (Å²) in [6.45, 7) is 3.26. The third-order valence-electron chi connectivity index (χ3n) is 4.96. The molecule has 1 unspecified atom stereocenters. The van der Waals surface area contributed by atoms with Crippen LogP contribution in [0.5, 0.6) is 0 Å². The van der Waals surface area contributed by atoms with E-state index in [0.29, 0.717) is 12.0 Å². The molecule has 0 amide bonds. The van der Waals surface area contributed by atoms with E-state index in [-0.39, 0.29) is 0 Å². The summed E-state index contributed by atoms with van der Waals surface area (Å²) in [7, 11) is 1.87. The van der Waals surface area contributed by atoms with Gasteiger partial charge in [0.1, 0.15) is 0 Å². The first-order chi connectivity index (χ1) is 11.2. The van der Waals surface area contributed by atoms with Crippen molar-refractivity contribution in [2.24, 2.45) is 10.9 Å². The number of hydrogen-bond donors (Lipinski definition) is 2. The summed E-state index contributed by atoms with van der Waals surface area (Å²) in [6, 6.07) is 9.24. The SMILES string of the molecule is CN=C(NCC1CCN(c2ccc(Br)cc2)C1)NC1CCCC1. The van der Waals surface area contributed by atoms with Gasteiger partial charge in [-0.05, 0) is 49.4 Å². The van der Waals surface area contributed by atoms with E-state index in [1.807, 2.05) is 7.05 Å². The summed E-state index contributed by atoms with van der Waals surface area (Å²) in [4.78, 5) is 6.85. The van der Waals surface area contributed by atoms with Gasteiger partial charge in [-0.15, -0.1) is 0 Å². The standard InChI is InChI=1S/C18H27BrN4/c1-20-18(22-16-4-2-3-5-16)21-12-14-10-11-23(13-14)17-8-6-15(19)7-9-17/h6-9,14,16H,2-5,10-13H2,1H3,(H2,20,21,22). The predicted octanol–water partition coefficient (Wildman–Crippen LogP) is 3.38. The first-order valence-electron chi connectivity index (χ1n) is 8.72. The van der Waals surface area contributed by atoms with Gasteiger partial charge in [0.25, 0.3) is 0 Å². The summed E-state index contributed by atoms with van der Waals surface area (Å²) >= 11 is 3.50. The van der Waals surface area contributed by atoms with E-state index < -0.39 is 0 Å². The highest BCUT2D eigenvalue weighted by molar-refractivity contribution is 9.10. The lowest BCUT2D eigenvalue weighted by Crippen LogP contribution is -2.44. The number of guanidine groups is 1. The van der Waals surface area contributed by atoms with Crippen LogP contribution in [0.15, 0.2) is 33.7 Å². The molecule has 0 aromatic heterocycles. The molecule has 2 aliphatic rings.